The summed E-state index contributed by atoms with van der Waals surface area (Å²) in [6.07, 6.45) is 0. The number of hydrogen-bond donors (Lipinski definition) is 2. The van der Waals surface area contributed by atoms with E-state index < -0.39 is 11.8 Å². The van der Waals surface area contributed by atoms with Crippen molar-refractivity contribution in [3.05, 3.63) is 34.6 Å². The van der Waals surface area contributed by atoms with Gasteiger partial charge in [-0.3, -0.25) is 0 Å². The van der Waals surface area contributed by atoms with Crippen LogP contribution >= 0.6 is 11.3 Å². The molecule has 0 unspecified atom stereocenters. The van der Waals surface area contributed by atoms with Crippen molar-refractivity contribution in [2.75, 3.05) is 17.7 Å². The highest BCUT2D eigenvalue weighted by molar-refractivity contribution is 7.13. The Morgan fingerprint density at radius 1 is 1.55 bits per heavy atom. The van der Waals surface area contributed by atoms with E-state index in [2.05, 4.69) is 10.3 Å². The summed E-state index contributed by atoms with van der Waals surface area (Å²) in [5.74, 6) is -1.13. The summed E-state index contributed by atoms with van der Waals surface area (Å²) in [6.45, 7) is 3.75. The molecule has 1 aromatic carbocycles. The van der Waals surface area contributed by atoms with Gasteiger partial charge in [0.1, 0.15) is 5.82 Å². The Hall–Kier alpha value is -2.15. The molecule has 0 atom stereocenters. The van der Waals surface area contributed by atoms with Crippen molar-refractivity contribution in [3.8, 4) is 0 Å². The Kier molecular flexibility index (Phi) is 4.19. The van der Waals surface area contributed by atoms with Crippen LogP contribution in [0.15, 0.2) is 17.5 Å². The van der Waals surface area contributed by atoms with Crippen LogP contribution in [-0.2, 0) is 4.74 Å². The number of esters is 1. The van der Waals surface area contributed by atoms with Crippen LogP contribution in [0.5, 0.6) is 0 Å². The number of benzene rings is 1. The molecule has 0 bridgehead atoms. The number of carbonyl (C=O) groups is 1. The van der Waals surface area contributed by atoms with E-state index in [-0.39, 0.29) is 23.5 Å². The lowest BCUT2D eigenvalue weighted by atomic mass is 10.1. The molecule has 0 amide bonds. The van der Waals surface area contributed by atoms with E-state index in [0.29, 0.717) is 5.13 Å². The Morgan fingerprint density at radius 2 is 2.30 bits per heavy atom. The minimum atomic E-state index is -0.580. The summed E-state index contributed by atoms with van der Waals surface area (Å²) in [5, 5.41) is 5.21. The van der Waals surface area contributed by atoms with Crippen molar-refractivity contribution in [1.82, 2.24) is 4.98 Å². The average molecular weight is 295 g/mol. The zero-order valence-corrected chi connectivity index (χ0v) is 11.9. The van der Waals surface area contributed by atoms with Gasteiger partial charge in [-0.2, -0.15) is 0 Å². The Morgan fingerprint density at radius 3 is 2.90 bits per heavy atom. The van der Waals surface area contributed by atoms with Crippen molar-refractivity contribution >= 4 is 33.8 Å². The van der Waals surface area contributed by atoms with Gasteiger partial charge in [-0.1, -0.05) is 0 Å². The third kappa shape index (κ3) is 3.05. The molecule has 0 fully saturated rings. The maximum absolute atomic E-state index is 13.9. The Bertz CT molecular complexity index is 643. The highest BCUT2D eigenvalue weighted by Crippen LogP contribution is 2.27. The maximum atomic E-state index is 13.9. The maximum Gasteiger partial charge on any atom is 0.340 e. The molecular weight excluding hydrogens is 281 g/mol. The number of rotatable bonds is 4. The number of nitrogens with zero attached hydrogens (tertiary/aromatic N) is 1. The molecule has 0 saturated heterocycles. The molecule has 2 aromatic rings. The van der Waals surface area contributed by atoms with E-state index >= 15 is 0 Å². The first-order valence-electron chi connectivity index (χ1n) is 5.96. The predicted molar refractivity (Wildman–Crippen MR) is 76.9 cm³/mol. The quantitative estimate of drug-likeness (QED) is 0.669. The van der Waals surface area contributed by atoms with Gasteiger partial charge in [0.15, 0.2) is 5.13 Å². The van der Waals surface area contributed by atoms with E-state index in [1.54, 1.807) is 6.92 Å². The van der Waals surface area contributed by atoms with E-state index in [1.807, 2.05) is 12.3 Å². The van der Waals surface area contributed by atoms with Crippen molar-refractivity contribution in [2.45, 2.75) is 13.8 Å². The normalized spacial score (nSPS) is 10.3. The lowest BCUT2D eigenvalue weighted by Gasteiger charge is -2.10. The van der Waals surface area contributed by atoms with Crippen molar-refractivity contribution in [1.29, 1.82) is 0 Å². The third-order valence-corrected chi connectivity index (χ3v) is 3.37. The zero-order chi connectivity index (χ0) is 14.7. The first kappa shape index (κ1) is 14.3. The van der Waals surface area contributed by atoms with E-state index in [9.17, 15) is 9.18 Å². The number of nitrogen functional groups attached to an aromatic ring is 1. The number of halogens is 1. The minimum absolute atomic E-state index is 0.0434. The largest absolute Gasteiger partial charge is 0.462 e. The number of nitrogens with two attached hydrogens (primary N) is 1. The molecule has 1 aromatic heterocycles. The number of hydrogen-bond acceptors (Lipinski definition) is 6. The summed E-state index contributed by atoms with van der Waals surface area (Å²) in [5.41, 5.74) is 6.78. The molecule has 20 heavy (non-hydrogen) atoms. The second-order valence-electron chi connectivity index (χ2n) is 4.06. The number of nitrogens with one attached hydrogen (secondary N) is 1. The van der Waals surface area contributed by atoms with Gasteiger partial charge in [-0.05, 0) is 26.0 Å². The Balaban J connectivity index is 2.33. The second-order valence-corrected chi connectivity index (χ2v) is 4.92. The van der Waals surface area contributed by atoms with Crippen LogP contribution in [0, 0.1) is 12.7 Å². The molecule has 2 rings (SSSR count). The number of aryl methyl sites for hydroxylation is 1. The second kappa shape index (κ2) is 5.87. The predicted octanol–water partition coefficient (Wildman–Crippen LogP) is 3.09. The van der Waals surface area contributed by atoms with Gasteiger partial charge in [-0.25, -0.2) is 14.2 Å². The van der Waals surface area contributed by atoms with Gasteiger partial charge in [0.05, 0.1) is 23.6 Å². The fourth-order valence-corrected chi connectivity index (χ4v) is 2.30. The first-order chi connectivity index (χ1) is 9.51. The SMILES string of the molecule is CCOC(=O)c1cc(Nc2nc(C)cs2)c(F)cc1N. The molecule has 3 N–H and O–H groups in total. The molecule has 0 saturated carbocycles. The molecule has 1 heterocycles. The van der Waals surface area contributed by atoms with Crippen molar-refractivity contribution < 1.29 is 13.9 Å². The van der Waals surface area contributed by atoms with Gasteiger partial charge < -0.3 is 15.8 Å². The molecule has 0 aliphatic carbocycles. The van der Waals surface area contributed by atoms with Crippen LogP contribution in [0.1, 0.15) is 23.0 Å². The number of ether oxygens (including phenoxy) is 1. The lowest BCUT2D eigenvalue weighted by molar-refractivity contribution is 0.0527. The highest BCUT2D eigenvalue weighted by Gasteiger charge is 2.16. The number of aromatic nitrogens is 1. The third-order valence-electron chi connectivity index (χ3n) is 2.50. The summed E-state index contributed by atoms with van der Waals surface area (Å²) >= 11 is 1.35. The molecule has 0 radical (unpaired) electrons. The molecule has 5 nitrogen and oxygen atoms in total. The van der Waals surface area contributed by atoms with Gasteiger partial charge in [0.2, 0.25) is 0 Å². The molecule has 0 aliphatic rings. The van der Waals surface area contributed by atoms with Crippen LogP contribution in [0.25, 0.3) is 0 Å². The fourth-order valence-electron chi connectivity index (χ4n) is 1.60. The molecule has 106 valence electrons. The van der Waals surface area contributed by atoms with Crippen LogP contribution in [-0.4, -0.2) is 17.6 Å². The van der Waals surface area contributed by atoms with Crippen LogP contribution in [0.4, 0.5) is 20.9 Å². The molecule has 0 spiro atoms. The summed E-state index contributed by atoms with van der Waals surface area (Å²) in [4.78, 5) is 15.9. The summed E-state index contributed by atoms with van der Waals surface area (Å²) in [6, 6.07) is 2.43. The summed E-state index contributed by atoms with van der Waals surface area (Å²) < 4.78 is 18.7. The van der Waals surface area contributed by atoms with Crippen molar-refractivity contribution in [2.24, 2.45) is 0 Å². The van der Waals surface area contributed by atoms with E-state index in [1.165, 1.54) is 17.4 Å². The van der Waals surface area contributed by atoms with Gasteiger partial charge in [-0.15, -0.1) is 11.3 Å². The summed E-state index contributed by atoms with van der Waals surface area (Å²) in [7, 11) is 0. The first-order valence-corrected chi connectivity index (χ1v) is 6.84. The zero-order valence-electron chi connectivity index (χ0n) is 11.1. The molecule has 0 aliphatic heterocycles. The standard InChI is InChI=1S/C13H14FN3O2S/c1-3-19-12(18)8-4-11(9(14)5-10(8)15)17-13-16-7(2)6-20-13/h4-6H,3,15H2,1-2H3,(H,16,17). The minimum Gasteiger partial charge on any atom is -0.462 e. The molecular formula is C13H14FN3O2S. The van der Waals surface area contributed by atoms with E-state index in [4.69, 9.17) is 10.5 Å². The molecule has 7 heteroatoms. The number of carbonyl (C=O) groups excluding carboxylic acids is 1. The topological polar surface area (TPSA) is 77.2 Å². The number of thiazole rings is 1. The van der Waals surface area contributed by atoms with Crippen LogP contribution < -0.4 is 11.1 Å². The van der Waals surface area contributed by atoms with Crippen LogP contribution in [0.3, 0.4) is 0 Å². The van der Waals surface area contributed by atoms with Gasteiger partial charge in [0, 0.05) is 11.1 Å². The van der Waals surface area contributed by atoms with Crippen molar-refractivity contribution in [3.63, 3.8) is 0 Å². The monoisotopic (exact) mass is 295 g/mol. The highest BCUT2D eigenvalue weighted by atomic mass is 32.1. The smallest absolute Gasteiger partial charge is 0.340 e. The lowest BCUT2D eigenvalue weighted by Crippen LogP contribution is -2.09. The van der Waals surface area contributed by atoms with Gasteiger partial charge >= 0.3 is 5.97 Å². The fraction of sp³-hybridized carbons (Fsp3) is 0.231. The van der Waals surface area contributed by atoms with E-state index in [0.717, 1.165) is 11.8 Å². The van der Waals surface area contributed by atoms with Gasteiger partial charge in [0.25, 0.3) is 0 Å². The van der Waals surface area contributed by atoms with Crippen LogP contribution in [0.2, 0.25) is 0 Å². The Labute approximate surface area is 119 Å². The number of anilines is 3. The average Bonchev–Trinajstić information content (AvgIpc) is 2.78.